The van der Waals surface area contributed by atoms with Gasteiger partial charge < -0.3 is 5.11 Å². The molecule has 0 radical (unpaired) electrons. The number of hydrogen-bond acceptors (Lipinski definition) is 3. The molecule has 1 aliphatic heterocycles. The molecular weight excluding hydrogens is 288 g/mol. The molecule has 0 spiro atoms. The summed E-state index contributed by atoms with van der Waals surface area (Å²) in [6.07, 6.45) is 2.54. The van der Waals surface area contributed by atoms with Crippen molar-refractivity contribution in [3.8, 4) is 0 Å². The lowest BCUT2D eigenvalue weighted by Gasteiger charge is -2.38. The van der Waals surface area contributed by atoms with Crippen molar-refractivity contribution in [1.82, 2.24) is 4.31 Å². The quantitative estimate of drug-likeness (QED) is 0.903. The zero-order chi connectivity index (χ0) is 15.5. The van der Waals surface area contributed by atoms with Gasteiger partial charge in [-0.25, -0.2) is 0 Å². The number of aliphatic hydroxyl groups excluding tert-OH is 1. The zero-order valence-electron chi connectivity index (χ0n) is 12.7. The predicted molar refractivity (Wildman–Crippen MR) is 84.5 cm³/mol. The third-order valence-corrected chi connectivity index (χ3v) is 6.12. The molecule has 0 bridgehead atoms. The molecule has 21 heavy (non-hydrogen) atoms. The van der Waals surface area contributed by atoms with E-state index in [4.69, 9.17) is 0 Å². The van der Waals surface area contributed by atoms with E-state index in [1.165, 1.54) is 8.61 Å². The van der Waals surface area contributed by atoms with Gasteiger partial charge in [0.2, 0.25) is 0 Å². The fourth-order valence-corrected chi connectivity index (χ4v) is 4.83. The molecule has 1 N–H and O–H groups in total. The summed E-state index contributed by atoms with van der Waals surface area (Å²) < 4.78 is 28.9. The van der Waals surface area contributed by atoms with Crippen molar-refractivity contribution in [2.24, 2.45) is 0 Å². The molecule has 1 fully saturated rings. The number of aryl methyl sites for hydroxylation is 1. The van der Waals surface area contributed by atoms with Crippen LogP contribution in [0.4, 0.5) is 5.69 Å². The lowest BCUT2D eigenvalue weighted by atomic mass is 10.1. The van der Waals surface area contributed by atoms with Crippen molar-refractivity contribution in [3.63, 3.8) is 0 Å². The monoisotopic (exact) mass is 312 g/mol. The molecule has 1 aliphatic rings. The van der Waals surface area contributed by atoms with Crippen molar-refractivity contribution >= 4 is 15.9 Å². The second-order valence-electron chi connectivity index (χ2n) is 5.40. The topological polar surface area (TPSA) is 60.9 Å². The molecule has 0 aliphatic carbocycles. The summed E-state index contributed by atoms with van der Waals surface area (Å²) in [5, 5.41) is 9.48. The van der Waals surface area contributed by atoms with Crippen molar-refractivity contribution in [2.75, 3.05) is 24.0 Å². The Morgan fingerprint density at radius 2 is 2.05 bits per heavy atom. The van der Waals surface area contributed by atoms with Crippen LogP contribution >= 0.6 is 0 Å². The van der Waals surface area contributed by atoms with Gasteiger partial charge in [0.1, 0.15) is 0 Å². The second kappa shape index (κ2) is 6.77. The van der Waals surface area contributed by atoms with Crippen molar-refractivity contribution < 1.29 is 13.5 Å². The van der Waals surface area contributed by atoms with Crippen molar-refractivity contribution in [1.29, 1.82) is 0 Å². The van der Waals surface area contributed by atoms with Gasteiger partial charge in [-0.15, -0.1) is 0 Å². The first-order valence-electron chi connectivity index (χ1n) is 7.48. The molecule has 118 valence electrons. The predicted octanol–water partition coefficient (Wildman–Crippen LogP) is 1.91. The summed E-state index contributed by atoms with van der Waals surface area (Å²) in [6.45, 7) is 4.48. The van der Waals surface area contributed by atoms with Gasteiger partial charge >= 0.3 is 10.2 Å². The molecule has 2 rings (SSSR count). The number of aliphatic hydroxyl groups is 1. The van der Waals surface area contributed by atoms with E-state index in [0.717, 1.165) is 24.8 Å². The Kier molecular flexibility index (Phi) is 5.24. The van der Waals surface area contributed by atoms with Gasteiger partial charge in [0.15, 0.2) is 0 Å². The normalized spacial score (nSPS) is 20.4. The van der Waals surface area contributed by atoms with E-state index in [1.807, 2.05) is 38.1 Å². The average Bonchev–Trinajstić information content (AvgIpc) is 2.49. The van der Waals surface area contributed by atoms with E-state index in [0.29, 0.717) is 18.8 Å². The first kappa shape index (κ1) is 16.3. The van der Waals surface area contributed by atoms with E-state index < -0.39 is 10.2 Å². The fraction of sp³-hybridized carbons (Fsp3) is 0.600. The highest BCUT2D eigenvalue weighted by molar-refractivity contribution is 7.90. The lowest BCUT2D eigenvalue weighted by Crippen LogP contribution is -2.52. The molecular formula is C15H24N2O3S. The van der Waals surface area contributed by atoms with Gasteiger partial charge in [0.05, 0.1) is 12.3 Å². The molecule has 5 nitrogen and oxygen atoms in total. The highest BCUT2D eigenvalue weighted by Gasteiger charge is 2.36. The largest absolute Gasteiger partial charge is 0.395 e. The van der Waals surface area contributed by atoms with E-state index >= 15 is 0 Å². The molecule has 6 heteroatoms. The molecule has 1 aromatic rings. The standard InChI is InChI=1S/C15H24N2O3S/c1-3-16(15-10-5-4-8-13(15)2)21(19,20)17-11-7-6-9-14(17)12-18/h4-5,8,10,14,18H,3,6-7,9,11-12H2,1-2H3. The number of benzene rings is 1. The number of para-hydroxylation sites is 1. The minimum atomic E-state index is -3.60. The summed E-state index contributed by atoms with van der Waals surface area (Å²) in [5.74, 6) is 0. The first-order chi connectivity index (χ1) is 10.0. The van der Waals surface area contributed by atoms with E-state index in [2.05, 4.69) is 0 Å². The van der Waals surface area contributed by atoms with Gasteiger partial charge in [-0.2, -0.15) is 12.7 Å². The van der Waals surface area contributed by atoms with Crippen LogP contribution in [0.1, 0.15) is 31.7 Å². The van der Waals surface area contributed by atoms with Crippen molar-refractivity contribution in [3.05, 3.63) is 29.8 Å². The van der Waals surface area contributed by atoms with Gasteiger partial charge in [-0.05, 0) is 38.3 Å². The summed E-state index contributed by atoms with van der Waals surface area (Å²) in [7, 11) is -3.60. The van der Waals surface area contributed by atoms with Crippen LogP contribution in [0.5, 0.6) is 0 Å². The maximum absolute atomic E-state index is 13.0. The third-order valence-electron chi connectivity index (χ3n) is 4.03. The molecule has 0 aromatic heterocycles. The Labute approximate surface area is 127 Å². The SMILES string of the molecule is CCN(c1ccccc1C)S(=O)(=O)N1CCCCC1CO. The highest BCUT2D eigenvalue weighted by Crippen LogP contribution is 2.28. The fourth-order valence-electron chi connectivity index (χ4n) is 2.89. The van der Waals surface area contributed by atoms with Gasteiger partial charge in [0.25, 0.3) is 0 Å². The maximum Gasteiger partial charge on any atom is 0.304 e. The maximum atomic E-state index is 13.0. The van der Waals surface area contributed by atoms with Crippen molar-refractivity contribution in [2.45, 2.75) is 39.2 Å². The minimum Gasteiger partial charge on any atom is -0.395 e. The van der Waals surface area contributed by atoms with E-state index in [1.54, 1.807) is 0 Å². The van der Waals surface area contributed by atoms with Gasteiger partial charge in [-0.1, -0.05) is 24.6 Å². The summed E-state index contributed by atoms with van der Waals surface area (Å²) in [4.78, 5) is 0. The molecule has 1 unspecified atom stereocenters. The molecule has 1 atom stereocenters. The van der Waals surface area contributed by atoms with Crippen LogP contribution in [0.25, 0.3) is 0 Å². The molecule has 0 saturated carbocycles. The highest BCUT2D eigenvalue weighted by atomic mass is 32.2. The summed E-state index contributed by atoms with van der Waals surface area (Å²) >= 11 is 0. The average molecular weight is 312 g/mol. The van der Waals surface area contributed by atoms with E-state index in [9.17, 15) is 13.5 Å². The lowest BCUT2D eigenvalue weighted by molar-refractivity contribution is 0.155. The number of anilines is 1. The van der Waals surface area contributed by atoms with Crippen LogP contribution in [0, 0.1) is 6.92 Å². The number of hydrogen-bond donors (Lipinski definition) is 1. The van der Waals surface area contributed by atoms with Gasteiger partial charge in [0, 0.05) is 19.1 Å². The number of piperidine rings is 1. The smallest absolute Gasteiger partial charge is 0.304 e. The van der Waals surface area contributed by atoms with Crippen LogP contribution in [0.15, 0.2) is 24.3 Å². The third kappa shape index (κ3) is 3.22. The second-order valence-corrected chi connectivity index (χ2v) is 7.21. The number of rotatable bonds is 5. The molecule has 1 saturated heterocycles. The molecule has 1 heterocycles. The van der Waals surface area contributed by atoms with Crippen LogP contribution in [0.3, 0.4) is 0 Å². The Balaban J connectivity index is 2.38. The Morgan fingerprint density at radius 1 is 1.33 bits per heavy atom. The Hall–Kier alpha value is -1.11. The minimum absolute atomic E-state index is 0.120. The zero-order valence-corrected chi connectivity index (χ0v) is 13.5. The first-order valence-corrected chi connectivity index (χ1v) is 8.88. The van der Waals surface area contributed by atoms with Crippen LogP contribution in [-0.4, -0.2) is 43.6 Å². The van der Waals surface area contributed by atoms with Crippen LogP contribution < -0.4 is 4.31 Å². The summed E-state index contributed by atoms with van der Waals surface area (Å²) in [6, 6.07) is 7.18. The molecule has 0 amide bonds. The Morgan fingerprint density at radius 3 is 2.67 bits per heavy atom. The van der Waals surface area contributed by atoms with Gasteiger partial charge in [-0.3, -0.25) is 4.31 Å². The molecule has 1 aromatic carbocycles. The summed E-state index contributed by atoms with van der Waals surface area (Å²) in [5.41, 5.74) is 1.64. The van der Waals surface area contributed by atoms with Crippen LogP contribution in [0.2, 0.25) is 0 Å². The van der Waals surface area contributed by atoms with Crippen LogP contribution in [-0.2, 0) is 10.2 Å². The number of nitrogens with zero attached hydrogens (tertiary/aromatic N) is 2. The Bertz CT molecular complexity index is 574. The van der Waals surface area contributed by atoms with E-state index in [-0.39, 0.29) is 12.6 Å².